The summed E-state index contributed by atoms with van der Waals surface area (Å²) in [5, 5.41) is 12.4. The zero-order valence-electron chi connectivity index (χ0n) is 7.24. The predicted octanol–water partition coefficient (Wildman–Crippen LogP) is 0.954. The molecular weight excluding hydrogens is 240 g/mol. The van der Waals surface area contributed by atoms with Crippen LogP contribution in [0.2, 0.25) is 0 Å². The van der Waals surface area contributed by atoms with Gasteiger partial charge in [-0.15, -0.1) is 0 Å². The highest BCUT2D eigenvalue weighted by atomic mass is 79.9. The van der Waals surface area contributed by atoms with Gasteiger partial charge in [0.15, 0.2) is 6.61 Å². The molecule has 0 aromatic carbocycles. The Balaban J connectivity index is 2.81. The lowest BCUT2D eigenvalue weighted by atomic mass is 10.5. The number of hydrogen-bond donors (Lipinski definition) is 1. The minimum absolute atomic E-state index is 0.364. The number of hydrogen-bond acceptors (Lipinski definition) is 3. The Morgan fingerprint density at radius 2 is 2.38 bits per heavy atom. The van der Waals surface area contributed by atoms with Crippen LogP contribution < -0.4 is 4.74 Å². The molecule has 0 saturated carbocycles. The number of ether oxygens (including phenoxy) is 1. The molecule has 0 aliphatic carbocycles. The number of aromatic nitrogens is 2. The van der Waals surface area contributed by atoms with E-state index in [0.717, 1.165) is 5.69 Å². The predicted molar refractivity (Wildman–Crippen MR) is 48.8 cm³/mol. The van der Waals surface area contributed by atoms with Crippen molar-refractivity contribution in [2.75, 3.05) is 6.61 Å². The summed E-state index contributed by atoms with van der Waals surface area (Å²) in [6, 6.07) is 0. The normalized spacial score (nSPS) is 10.1. The number of rotatable bonds is 3. The van der Waals surface area contributed by atoms with Gasteiger partial charge < -0.3 is 9.84 Å². The van der Waals surface area contributed by atoms with Crippen molar-refractivity contribution in [3.8, 4) is 5.88 Å². The zero-order valence-corrected chi connectivity index (χ0v) is 8.83. The van der Waals surface area contributed by atoms with Gasteiger partial charge in [-0.3, -0.25) is 0 Å². The van der Waals surface area contributed by atoms with E-state index in [-0.39, 0.29) is 6.61 Å². The molecule has 0 atom stereocenters. The van der Waals surface area contributed by atoms with Crippen molar-refractivity contribution in [2.24, 2.45) is 7.05 Å². The maximum Gasteiger partial charge on any atom is 0.341 e. The number of aryl methyl sites for hydroxylation is 2. The van der Waals surface area contributed by atoms with Crippen molar-refractivity contribution in [2.45, 2.75) is 6.92 Å². The van der Waals surface area contributed by atoms with Gasteiger partial charge in [-0.05, 0) is 22.9 Å². The van der Waals surface area contributed by atoms with E-state index in [1.54, 1.807) is 14.0 Å². The van der Waals surface area contributed by atoms with Gasteiger partial charge in [0.1, 0.15) is 4.47 Å². The zero-order chi connectivity index (χ0) is 10.0. The molecule has 5 nitrogen and oxygen atoms in total. The Morgan fingerprint density at radius 1 is 1.77 bits per heavy atom. The van der Waals surface area contributed by atoms with E-state index >= 15 is 0 Å². The number of halogens is 1. The van der Waals surface area contributed by atoms with Crippen molar-refractivity contribution in [1.29, 1.82) is 0 Å². The topological polar surface area (TPSA) is 64.4 Å². The Hall–Kier alpha value is -1.04. The Bertz CT molecular complexity index is 335. The third kappa shape index (κ3) is 2.21. The number of carboxylic acid groups (broad SMARTS) is 1. The van der Waals surface area contributed by atoms with Crippen LogP contribution >= 0.6 is 15.9 Å². The van der Waals surface area contributed by atoms with Crippen LogP contribution in [0.15, 0.2) is 4.47 Å². The van der Waals surface area contributed by atoms with Crippen LogP contribution in [-0.4, -0.2) is 27.5 Å². The molecule has 1 N–H and O–H groups in total. The van der Waals surface area contributed by atoms with E-state index in [9.17, 15) is 4.79 Å². The lowest BCUT2D eigenvalue weighted by Gasteiger charge is -2.02. The number of carbonyl (C=O) groups is 1. The summed E-state index contributed by atoms with van der Waals surface area (Å²) < 4.78 is 7.18. The van der Waals surface area contributed by atoms with E-state index in [0.29, 0.717) is 10.4 Å². The van der Waals surface area contributed by atoms with Crippen molar-refractivity contribution in [3.05, 3.63) is 10.2 Å². The summed E-state index contributed by atoms with van der Waals surface area (Å²) >= 11 is 3.25. The summed E-state index contributed by atoms with van der Waals surface area (Å²) in [5.74, 6) is -0.578. The SMILES string of the molecule is Cc1nn(C)c(OCC(=O)O)c1Br. The van der Waals surface area contributed by atoms with Crippen LogP contribution in [0.25, 0.3) is 0 Å². The van der Waals surface area contributed by atoms with Crippen molar-refractivity contribution in [1.82, 2.24) is 9.78 Å². The van der Waals surface area contributed by atoms with Gasteiger partial charge >= 0.3 is 5.97 Å². The third-order valence-electron chi connectivity index (χ3n) is 1.43. The smallest absolute Gasteiger partial charge is 0.341 e. The maximum atomic E-state index is 10.2. The first-order valence-corrected chi connectivity index (χ1v) is 4.35. The average Bonchev–Trinajstić information content (AvgIpc) is 2.24. The van der Waals surface area contributed by atoms with Crippen LogP contribution in [-0.2, 0) is 11.8 Å². The van der Waals surface area contributed by atoms with Crippen LogP contribution in [0, 0.1) is 6.92 Å². The molecule has 0 bridgehead atoms. The van der Waals surface area contributed by atoms with Crippen LogP contribution in [0.4, 0.5) is 0 Å². The van der Waals surface area contributed by atoms with E-state index in [2.05, 4.69) is 21.0 Å². The highest BCUT2D eigenvalue weighted by molar-refractivity contribution is 9.10. The standard InChI is InChI=1S/C7H9BrN2O3/c1-4-6(8)7(10(2)9-4)13-3-5(11)12/h3H2,1-2H3,(H,11,12). The van der Waals surface area contributed by atoms with Gasteiger partial charge in [0.2, 0.25) is 5.88 Å². The fourth-order valence-electron chi connectivity index (χ4n) is 0.898. The molecule has 1 aromatic rings. The first-order valence-electron chi connectivity index (χ1n) is 3.56. The summed E-state index contributed by atoms with van der Waals surface area (Å²) in [6.07, 6.45) is 0. The number of nitrogens with zero attached hydrogens (tertiary/aromatic N) is 2. The molecule has 1 rings (SSSR count). The minimum atomic E-state index is -1.01. The van der Waals surface area contributed by atoms with E-state index in [1.807, 2.05) is 0 Å². The first kappa shape index (κ1) is 10.0. The second kappa shape index (κ2) is 3.78. The van der Waals surface area contributed by atoms with Gasteiger partial charge in [-0.1, -0.05) is 0 Å². The van der Waals surface area contributed by atoms with E-state index in [4.69, 9.17) is 9.84 Å². The van der Waals surface area contributed by atoms with Gasteiger partial charge in [0.05, 0.1) is 5.69 Å². The van der Waals surface area contributed by atoms with Gasteiger partial charge in [-0.25, -0.2) is 9.48 Å². The third-order valence-corrected chi connectivity index (χ3v) is 2.34. The highest BCUT2D eigenvalue weighted by Gasteiger charge is 2.12. The minimum Gasteiger partial charge on any atom is -0.479 e. The molecule has 0 aliphatic rings. The van der Waals surface area contributed by atoms with Gasteiger partial charge in [0.25, 0.3) is 0 Å². The monoisotopic (exact) mass is 248 g/mol. The summed E-state index contributed by atoms with van der Waals surface area (Å²) in [7, 11) is 1.69. The molecule has 0 spiro atoms. The van der Waals surface area contributed by atoms with Crippen LogP contribution in [0.3, 0.4) is 0 Å². The van der Waals surface area contributed by atoms with Crippen molar-refractivity contribution < 1.29 is 14.6 Å². The lowest BCUT2D eigenvalue weighted by molar-refractivity contribution is -0.139. The van der Waals surface area contributed by atoms with Crippen molar-refractivity contribution >= 4 is 21.9 Å². The van der Waals surface area contributed by atoms with Crippen LogP contribution in [0.1, 0.15) is 5.69 Å². The summed E-state index contributed by atoms with van der Waals surface area (Å²) in [5.41, 5.74) is 0.767. The lowest BCUT2D eigenvalue weighted by Crippen LogP contribution is -2.11. The molecule has 13 heavy (non-hydrogen) atoms. The summed E-state index contributed by atoms with van der Waals surface area (Å²) in [6.45, 7) is 1.44. The number of aliphatic carboxylic acids is 1. The molecule has 0 amide bonds. The quantitative estimate of drug-likeness (QED) is 0.866. The molecule has 0 saturated heterocycles. The molecule has 0 fully saturated rings. The molecule has 0 unspecified atom stereocenters. The molecule has 6 heteroatoms. The van der Waals surface area contributed by atoms with Crippen molar-refractivity contribution in [3.63, 3.8) is 0 Å². The van der Waals surface area contributed by atoms with Gasteiger partial charge in [-0.2, -0.15) is 5.10 Å². The van der Waals surface area contributed by atoms with Gasteiger partial charge in [0, 0.05) is 7.05 Å². The highest BCUT2D eigenvalue weighted by Crippen LogP contribution is 2.27. The average molecular weight is 249 g/mol. The second-order valence-corrected chi connectivity index (χ2v) is 3.30. The Labute approximate surface area is 83.4 Å². The largest absolute Gasteiger partial charge is 0.479 e. The molecule has 0 radical (unpaired) electrons. The van der Waals surface area contributed by atoms with Crippen LogP contribution in [0.5, 0.6) is 5.88 Å². The second-order valence-electron chi connectivity index (χ2n) is 2.51. The Morgan fingerprint density at radius 3 is 2.77 bits per heavy atom. The van der Waals surface area contributed by atoms with E-state index in [1.165, 1.54) is 4.68 Å². The number of carboxylic acids is 1. The molecule has 1 aromatic heterocycles. The molecular formula is C7H9BrN2O3. The maximum absolute atomic E-state index is 10.2. The fraction of sp³-hybridized carbons (Fsp3) is 0.429. The molecule has 72 valence electrons. The Kier molecular flexibility index (Phi) is 2.92. The summed E-state index contributed by atoms with van der Waals surface area (Å²) in [4.78, 5) is 10.2. The van der Waals surface area contributed by atoms with E-state index < -0.39 is 5.97 Å². The fourth-order valence-corrected chi connectivity index (χ4v) is 1.35. The molecule has 0 aliphatic heterocycles. The first-order chi connectivity index (χ1) is 6.02. The molecule has 1 heterocycles.